The molecule has 0 aromatic rings. The third kappa shape index (κ3) is 4.40. The lowest BCUT2D eigenvalue weighted by Gasteiger charge is -2.50. The SMILES string of the molecule is CCC1CC(CN)(N(CCOC)C(C)COC)CCO1. The first-order valence-corrected chi connectivity index (χ1v) is 7.69. The monoisotopic (exact) mass is 288 g/mol. The molecule has 120 valence electrons. The molecule has 3 atom stereocenters. The highest BCUT2D eigenvalue weighted by Crippen LogP contribution is 2.33. The fraction of sp³-hybridized carbons (Fsp3) is 1.00. The maximum Gasteiger partial charge on any atom is 0.0615 e. The summed E-state index contributed by atoms with van der Waals surface area (Å²) in [5.74, 6) is 0. The predicted octanol–water partition coefficient (Wildman–Crippen LogP) is 1.26. The fourth-order valence-electron chi connectivity index (χ4n) is 3.27. The van der Waals surface area contributed by atoms with Gasteiger partial charge in [-0.3, -0.25) is 4.90 Å². The summed E-state index contributed by atoms with van der Waals surface area (Å²) in [5.41, 5.74) is 6.19. The van der Waals surface area contributed by atoms with E-state index in [1.807, 2.05) is 0 Å². The van der Waals surface area contributed by atoms with E-state index in [-0.39, 0.29) is 5.54 Å². The summed E-state index contributed by atoms with van der Waals surface area (Å²) in [7, 11) is 3.49. The van der Waals surface area contributed by atoms with E-state index in [9.17, 15) is 0 Å². The van der Waals surface area contributed by atoms with Gasteiger partial charge in [-0.1, -0.05) is 6.92 Å². The summed E-state index contributed by atoms with van der Waals surface area (Å²) in [6.45, 7) is 8.14. The van der Waals surface area contributed by atoms with Crippen molar-refractivity contribution in [2.45, 2.75) is 50.8 Å². The van der Waals surface area contributed by atoms with Gasteiger partial charge in [0, 0.05) is 45.5 Å². The van der Waals surface area contributed by atoms with Crippen molar-refractivity contribution in [3.8, 4) is 0 Å². The highest BCUT2D eigenvalue weighted by Gasteiger charge is 2.42. The molecule has 1 saturated heterocycles. The number of nitrogens with two attached hydrogens (primary N) is 1. The van der Waals surface area contributed by atoms with Gasteiger partial charge in [0.1, 0.15) is 0 Å². The van der Waals surface area contributed by atoms with Crippen molar-refractivity contribution in [2.24, 2.45) is 5.73 Å². The van der Waals surface area contributed by atoms with Gasteiger partial charge in [-0.05, 0) is 26.2 Å². The van der Waals surface area contributed by atoms with Crippen molar-refractivity contribution in [1.82, 2.24) is 4.90 Å². The zero-order valence-electron chi connectivity index (χ0n) is 13.6. The number of rotatable bonds is 9. The topological polar surface area (TPSA) is 57.0 Å². The lowest BCUT2D eigenvalue weighted by atomic mass is 9.83. The molecule has 1 rings (SSSR count). The van der Waals surface area contributed by atoms with Crippen LogP contribution in [-0.2, 0) is 14.2 Å². The third-order valence-electron chi connectivity index (χ3n) is 4.45. The first kappa shape index (κ1) is 17.9. The van der Waals surface area contributed by atoms with E-state index in [2.05, 4.69) is 18.7 Å². The average molecular weight is 288 g/mol. The van der Waals surface area contributed by atoms with Gasteiger partial charge in [-0.25, -0.2) is 0 Å². The van der Waals surface area contributed by atoms with Crippen LogP contribution in [0.1, 0.15) is 33.1 Å². The summed E-state index contributed by atoms with van der Waals surface area (Å²) in [4.78, 5) is 2.48. The van der Waals surface area contributed by atoms with Gasteiger partial charge >= 0.3 is 0 Å². The molecule has 1 fully saturated rings. The summed E-state index contributed by atoms with van der Waals surface area (Å²) in [5, 5.41) is 0. The molecule has 20 heavy (non-hydrogen) atoms. The molecule has 1 heterocycles. The molecule has 0 bridgehead atoms. The number of methoxy groups -OCH3 is 2. The van der Waals surface area contributed by atoms with E-state index in [0.717, 1.165) is 32.4 Å². The zero-order valence-corrected chi connectivity index (χ0v) is 13.6. The van der Waals surface area contributed by atoms with Crippen LogP contribution >= 0.6 is 0 Å². The lowest BCUT2D eigenvalue weighted by Crippen LogP contribution is -2.62. The summed E-state index contributed by atoms with van der Waals surface area (Å²) in [6.07, 6.45) is 3.33. The largest absolute Gasteiger partial charge is 0.383 e. The van der Waals surface area contributed by atoms with Crippen LogP contribution in [-0.4, -0.2) is 69.7 Å². The van der Waals surface area contributed by atoms with Crippen LogP contribution in [0.2, 0.25) is 0 Å². The number of ether oxygens (including phenoxy) is 3. The first-order chi connectivity index (χ1) is 9.63. The van der Waals surface area contributed by atoms with Crippen LogP contribution in [0.5, 0.6) is 0 Å². The van der Waals surface area contributed by atoms with Crippen LogP contribution in [0.15, 0.2) is 0 Å². The van der Waals surface area contributed by atoms with Crippen LogP contribution in [0.25, 0.3) is 0 Å². The molecule has 5 heteroatoms. The third-order valence-corrected chi connectivity index (χ3v) is 4.45. The minimum absolute atomic E-state index is 0.00933. The van der Waals surface area contributed by atoms with Crippen LogP contribution in [0.4, 0.5) is 0 Å². The average Bonchev–Trinajstić information content (AvgIpc) is 2.48. The van der Waals surface area contributed by atoms with E-state index < -0.39 is 0 Å². The second kappa shape index (κ2) is 8.95. The zero-order chi connectivity index (χ0) is 15.0. The van der Waals surface area contributed by atoms with E-state index in [4.69, 9.17) is 19.9 Å². The van der Waals surface area contributed by atoms with E-state index in [1.54, 1.807) is 14.2 Å². The minimum atomic E-state index is 0.00933. The smallest absolute Gasteiger partial charge is 0.0615 e. The molecule has 0 aromatic heterocycles. The lowest BCUT2D eigenvalue weighted by molar-refractivity contribution is -0.0942. The molecule has 1 aliphatic rings. The Morgan fingerprint density at radius 2 is 2.15 bits per heavy atom. The predicted molar refractivity (Wildman–Crippen MR) is 81.0 cm³/mol. The van der Waals surface area contributed by atoms with E-state index in [0.29, 0.717) is 31.9 Å². The van der Waals surface area contributed by atoms with Gasteiger partial charge < -0.3 is 19.9 Å². The Kier molecular flexibility index (Phi) is 7.99. The molecule has 0 spiro atoms. The number of nitrogens with zero attached hydrogens (tertiary/aromatic N) is 1. The van der Waals surface area contributed by atoms with Crippen molar-refractivity contribution >= 4 is 0 Å². The maximum absolute atomic E-state index is 6.18. The number of hydrogen-bond acceptors (Lipinski definition) is 5. The van der Waals surface area contributed by atoms with Gasteiger partial charge in [0.15, 0.2) is 0 Å². The van der Waals surface area contributed by atoms with Gasteiger partial charge in [-0.2, -0.15) is 0 Å². The molecule has 3 unspecified atom stereocenters. The molecule has 0 aliphatic carbocycles. The Labute approximate surface area is 123 Å². The molecular formula is C15H32N2O3. The quantitative estimate of drug-likeness (QED) is 0.692. The fourth-order valence-corrected chi connectivity index (χ4v) is 3.27. The Hall–Kier alpha value is -0.200. The maximum atomic E-state index is 6.18. The highest BCUT2D eigenvalue weighted by atomic mass is 16.5. The van der Waals surface area contributed by atoms with Crippen molar-refractivity contribution < 1.29 is 14.2 Å². The first-order valence-electron chi connectivity index (χ1n) is 7.69. The molecule has 0 saturated carbocycles. The van der Waals surface area contributed by atoms with Crippen LogP contribution in [0.3, 0.4) is 0 Å². The van der Waals surface area contributed by atoms with Crippen molar-refractivity contribution in [2.75, 3.05) is 47.1 Å². The van der Waals surface area contributed by atoms with Gasteiger partial charge in [0.2, 0.25) is 0 Å². The summed E-state index contributed by atoms with van der Waals surface area (Å²) >= 11 is 0. The molecule has 0 amide bonds. The molecule has 0 aromatic carbocycles. The Morgan fingerprint density at radius 1 is 1.40 bits per heavy atom. The Balaban J connectivity index is 2.86. The minimum Gasteiger partial charge on any atom is -0.383 e. The van der Waals surface area contributed by atoms with Crippen molar-refractivity contribution in [1.29, 1.82) is 0 Å². The normalized spacial score (nSPS) is 28.8. The second-order valence-electron chi connectivity index (χ2n) is 5.77. The van der Waals surface area contributed by atoms with Gasteiger partial charge in [-0.15, -0.1) is 0 Å². The highest BCUT2D eigenvalue weighted by molar-refractivity contribution is 4.98. The van der Waals surface area contributed by atoms with Crippen molar-refractivity contribution in [3.63, 3.8) is 0 Å². The van der Waals surface area contributed by atoms with Crippen LogP contribution in [0, 0.1) is 0 Å². The van der Waals surface area contributed by atoms with E-state index in [1.165, 1.54) is 0 Å². The van der Waals surface area contributed by atoms with Crippen molar-refractivity contribution in [3.05, 3.63) is 0 Å². The van der Waals surface area contributed by atoms with E-state index >= 15 is 0 Å². The molecule has 5 nitrogen and oxygen atoms in total. The summed E-state index contributed by atoms with van der Waals surface area (Å²) in [6, 6.07) is 0.328. The molecule has 1 aliphatic heterocycles. The molecule has 0 radical (unpaired) electrons. The van der Waals surface area contributed by atoms with Crippen LogP contribution < -0.4 is 5.73 Å². The molecular weight excluding hydrogens is 256 g/mol. The standard InChI is InChI=1S/C15H32N2O3/c1-5-14-10-15(12-16,6-8-20-14)17(7-9-18-3)13(2)11-19-4/h13-14H,5-12,16H2,1-4H3. The summed E-state index contributed by atoms with van der Waals surface area (Å²) < 4.78 is 16.5. The number of hydrogen-bond donors (Lipinski definition) is 1. The second-order valence-corrected chi connectivity index (χ2v) is 5.77. The Bertz CT molecular complexity index is 266. The molecule has 2 N–H and O–H groups in total. The van der Waals surface area contributed by atoms with Gasteiger partial charge in [0.25, 0.3) is 0 Å². The Morgan fingerprint density at radius 3 is 2.70 bits per heavy atom. The van der Waals surface area contributed by atoms with Gasteiger partial charge in [0.05, 0.1) is 19.3 Å².